The van der Waals surface area contributed by atoms with Gasteiger partial charge in [-0.15, -0.1) is 0 Å². The molecular formula is C23H27NO4. The molecule has 148 valence electrons. The van der Waals surface area contributed by atoms with Crippen molar-refractivity contribution >= 4 is 11.9 Å². The SMILES string of the molecule is Cc1ccc(Oc2ccc(CN3CC(C(=O)O)CC3=O)cc2)c(C(C)(C)C)c1. The van der Waals surface area contributed by atoms with Crippen molar-refractivity contribution in [2.75, 3.05) is 6.54 Å². The Bertz CT molecular complexity index is 880. The Labute approximate surface area is 165 Å². The molecule has 1 amide bonds. The van der Waals surface area contributed by atoms with E-state index in [4.69, 9.17) is 9.84 Å². The highest BCUT2D eigenvalue weighted by Crippen LogP contribution is 2.35. The van der Waals surface area contributed by atoms with Gasteiger partial charge in [0.2, 0.25) is 5.91 Å². The highest BCUT2D eigenvalue weighted by atomic mass is 16.5. The number of rotatable bonds is 5. The van der Waals surface area contributed by atoms with Crippen molar-refractivity contribution in [1.82, 2.24) is 4.90 Å². The minimum Gasteiger partial charge on any atom is -0.481 e. The van der Waals surface area contributed by atoms with Gasteiger partial charge in [-0.05, 0) is 36.1 Å². The maximum Gasteiger partial charge on any atom is 0.308 e. The molecule has 28 heavy (non-hydrogen) atoms. The van der Waals surface area contributed by atoms with Crippen LogP contribution in [0.1, 0.15) is 43.9 Å². The van der Waals surface area contributed by atoms with Crippen LogP contribution in [-0.2, 0) is 21.5 Å². The first-order valence-corrected chi connectivity index (χ1v) is 9.52. The van der Waals surface area contributed by atoms with Gasteiger partial charge in [-0.3, -0.25) is 9.59 Å². The number of benzene rings is 2. The van der Waals surface area contributed by atoms with Crippen molar-refractivity contribution in [3.05, 3.63) is 59.2 Å². The molecule has 0 aliphatic carbocycles. The second-order valence-electron chi connectivity index (χ2n) is 8.51. The van der Waals surface area contributed by atoms with Crippen LogP contribution in [0.25, 0.3) is 0 Å². The first kappa shape index (κ1) is 19.9. The highest BCUT2D eigenvalue weighted by Gasteiger charge is 2.34. The van der Waals surface area contributed by atoms with Crippen LogP contribution in [0.3, 0.4) is 0 Å². The van der Waals surface area contributed by atoms with E-state index in [2.05, 4.69) is 33.8 Å². The van der Waals surface area contributed by atoms with E-state index in [0.29, 0.717) is 6.54 Å². The van der Waals surface area contributed by atoms with Crippen molar-refractivity contribution in [2.24, 2.45) is 5.92 Å². The number of ether oxygens (including phenoxy) is 1. The lowest BCUT2D eigenvalue weighted by atomic mass is 9.85. The summed E-state index contributed by atoms with van der Waals surface area (Å²) in [5.74, 6) is -0.0545. The fourth-order valence-corrected chi connectivity index (χ4v) is 3.42. The number of carbonyl (C=O) groups is 2. The summed E-state index contributed by atoms with van der Waals surface area (Å²) < 4.78 is 6.13. The Morgan fingerprint density at radius 2 is 1.86 bits per heavy atom. The molecule has 1 N–H and O–H groups in total. The topological polar surface area (TPSA) is 66.8 Å². The number of carbonyl (C=O) groups excluding carboxylic acids is 1. The van der Waals surface area contributed by atoms with Gasteiger partial charge in [0.1, 0.15) is 11.5 Å². The van der Waals surface area contributed by atoms with E-state index in [1.807, 2.05) is 36.4 Å². The average Bonchev–Trinajstić information content (AvgIpc) is 2.98. The van der Waals surface area contributed by atoms with Gasteiger partial charge in [0.25, 0.3) is 0 Å². The number of amides is 1. The number of carboxylic acids is 1. The van der Waals surface area contributed by atoms with Gasteiger partial charge in [0.05, 0.1) is 5.92 Å². The summed E-state index contributed by atoms with van der Waals surface area (Å²) in [6.07, 6.45) is 0.0829. The molecule has 0 bridgehead atoms. The second kappa shape index (κ2) is 7.66. The minimum atomic E-state index is -0.910. The highest BCUT2D eigenvalue weighted by molar-refractivity contribution is 5.86. The Morgan fingerprint density at radius 1 is 1.18 bits per heavy atom. The number of likely N-dealkylation sites (tertiary alicyclic amines) is 1. The van der Waals surface area contributed by atoms with E-state index in [1.54, 1.807) is 4.90 Å². The van der Waals surface area contributed by atoms with Gasteiger partial charge in [-0.1, -0.05) is 50.6 Å². The summed E-state index contributed by atoms with van der Waals surface area (Å²) >= 11 is 0. The van der Waals surface area contributed by atoms with Gasteiger partial charge >= 0.3 is 5.97 Å². The first-order chi connectivity index (χ1) is 13.1. The second-order valence-corrected chi connectivity index (χ2v) is 8.51. The number of aliphatic carboxylic acids is 1. The van der Waals surface area contributed by atoms with Crippen LogP contribution in [0.4, 0.5) is 0 Å². The van der Waals surface area contributed by atoms with E-state index >= 15 is 0 Å². The molecule has 1 saturated heterocycles. The molecule has 1 unspecified atom stereocenters. The van der Waals surface area contributed by atoms with Crippen LogP contribution in [0, 0.1) is 12.8 Å². The zero-order chi connectivity index (χ0) is 20.5. The zero-order valence-electron chi connectivity index (χ0n) is 16.9. The molecular weight excluding hydrogens is 354 g/mol. The van der Waals surface area contributed by atoms with Crippen LogP contribution in [-0.4, -0.2) is 28.4 Å². The van der Waals surface area contributed by atoms with Crippen LogP contribution in [0.2, 0.25) is 0 Å². The van der Waals surface area contributed by atoms with Gasteiger partial charge in [-0.2, -0.15) is 0 Å². The average molecular weight is 381 g/mol. The molecule has 5 heteroatoms. The van der Waals surface area contributed by atoms with Crippen molar-refractivity contribution in [3.63, 3.8) is 0 Å². The van der Waals surface area contributed by atoms with Gasteiger partial charge in [0.15, 0.2) is 0 Å². The predicted octanol–water partition coefficient (Wildman–Crippen LogP) is 4.52. The van der Waals surface area contributed by atoms with E-state index in [-0.39, 0.29) is 24.3 Å². The first-order valence-electron chi connectivity index (χ1n) is 9.52. The third-order valence-electron chi connectivity index (χ3n) is 5.03. The summed E-state index contributed by atoms with van der Waals surface area (Å²) in [5.41, 5.74) is 3.27. The Morgan fingerprint density at radius 3 is 2.43 bits per heavy atom. The smallest absolute Gasteiger partial charge is 0.308 e. The normalized spacial score (nSPS) is 17.1. The summed E-state index contributed by atoms with van der Waals surface area (Å²) in [7, 11) is 0. The standard InChI is InChI=1S/C23H27NO4/c1-15-5-10-20(19(11-15)23(2,3)4)28-18-8-6-16(7-9-18)13-24-14-17(22(26)27)12-21(24)25/h5-11,17H,12-14H2,1-4H3,(H,26,27). The van der Waals surface area contributed by atoms with Crippen LogP contribution >= 0.6 is 0 Å². The van der Waals surface area contributed by atoms with Crippen molar-refractivity contribution < 1.29 is 19.4 Å². The lowest BCUT2D eigenvalue weighted by molar-refractivity contribution is -0.141. The van der Waals surface area contributed by atoms with Crippen LogP contribution in [0.5, 0.6) is 11.5 Å². The number of hydrogen-bond donors (Lipinski definition) is 1. The quantitative estimate of drug-likeness (QED) is 0.827. The molecule has 2 aromatic rings. The van der Waals surface area contributed by atoms with E-state index in [9.17, 15) is 9.59 Å². The molecule has 1 atom stereocenters. The summed E-state index contributed by atoms with van der Waals surface area (Å²) in [6, 6.07) is 13.8. The van der Waals surface area contributed by atoms with Crippen LogP contribution in [0.15, 0.2) is 42.5 Å². The van der Waals surface area contributed by atoms with Gasteiger partial charge in [0, 0.05) is 25.1 Å². The third kappa shape index (κ3) is 4.53. The Balaban J connectivity index is 1.71. The van der Waals surface area contributed by atoms with E-state index in [0.717, 1.165) is 22.6 Å². The van der Waals surface area contributed by atoms with E-state index in [1.165, 1.54) is 5.56 Å². The summed E-state index contributed by atoms with van der Waals surface area (Å²) in [5, 5.41) is 9.09. The lowest BCUT2D eigenvalue weighted by Gasteiger charge is -2.23. The number of nitrogens with zero attached hydrogens (tertiary/aromatic N) is 1. The summed E-state index contributed by atoms with van der Waals surface area (Å²) in [6.45, 7) is 9.24. The molecule has 0 radical (unpaired) electrons. The van der Waals surface area contributed by atoms with Crippen LogP contribution < -0.4 is 4.74 Å². The van der Waals surface area contributed by atoms with Gasteiger partial charge in [-0.25, -0.2) is 0 Å². The molecule has 1 aliphatic heterocycles. The Kier molecular flexibility index (Phi) is 5.45. The van der Waals surface area contributed by atoms with Crippen molar-refractivity contribution in [1.29, 1.82) is 0 Å². The number of hydrogen-bond acceptors (Lipinski definition) is 3. The fraction of sp³-hybridized carbons (Fsp3) is 0.391. The molecule has 1 fully saturated rings. The molecule has 0 aromatic heterocycles. The number of carboxylic acid groups (broad SMARTS) is 1. The molecule has 0 spiro atoms. The zero-order valence-corrected chi connectivity index (χ0v) is 16.9. The predicted molar refractivity (Wildman–Crippen MR) is 108 cm³/mol. The molecule has 2 aromatic carbocycles. The van der Waals surface area contributed by atoms with E-state index < -0.39 is 11.9 Å². The molecule has 1 heterocycles. The lowest BCUT2D eigenvalue weighted by Crippen LogP contribution is -2.25. The number of aryl methyl sites for hydroxylation is 1. The molecule has 5 nitrogen and oxygen atoms in total. The molecule has 1 aliphatic rings. The van der Waals surface area contributed by atoms with Crippen molar-refractivity contribution in [2.45, 2.75) is 46.1 Å². The van der Waals surface area contributed by atoms with Crippen molar-refractivity contribution in [3.8, 4) is 11.5 Å². The summed E-state index contributed by atoms with van der Waals surface area (Å²) in [4.78, 5) is 24.7. The maximum atomic E-state index is 12.0. The Hall–Kier alpha value is -2.82. The largest absolute Gasteiger partial charge is 0.481 e. The molecule has 3 rings (SSSR count). The fourth-order valence-electron chi connectivity index (χ4n) is 3.42. The molecule has 0 saturated carbocycles. The minimum absolute atomic E-state index is 0.0297. The monoisotopic (exact) mass is 381 g/mol. The third-order valence-corrected chi connectivity index (χ3v) is 5.03. The van der Waals surface area contributed by atoms with Gasteiger partial charge < -0.3 is 14.7 Å². The maximum absolute atomic E-state index is 12.0.